The van der Waals surface area contributed by atoms with E-state index in [0.717, 1.165) is 16.7 Å². The van der Waals surface area contributed by atoms with Crippen LogP contribution in [-0.4, -0.2) is 30.2 Å². The molecule has 0 aliphatic carbocycles. The average Bonchev–Trinajstić information content (AvgIpc) is 2.85. The maximum atomic E-state index is 13.8. The first-order valence-corrected chi connectivity index (χ1v) is 10.8. The summed E-state index contributed by atoms with van der Waals surface area (Å²) in [5.41, 5.74) is 2.03. The molecule has 0 aliphatic heterocycles. The third kappa shape index (κ3) is 3.72. The zero-order valence-corrected chi connectivity index (χ0v) is 16.6. The molecule has 0 amide bonds. The van der Waals surface area contributed by atoms with Gasteiger partial charge in [-0.25, -0.2) is 12.8 Å². The summed E-state index contributed by atoms with van der Waals surface area (Å²) in [7, 11) is -3.29. The molecule has 5 nitrogen and oxygen atoms in total. The number of fused-ring (bicyclic) bond motifs is 1. The number of rotatable bonds is 5. The van der Waals surface area contributed by atoms with Crippen molar-refractivity contribution in [1.29, 1.82) is 0 Å². The van der Waals surface area contributed by atoms with Gasteiger partial charge in [-0.3, -0.25) is 4.79 Å². The van der Waals surface area contributed by atoms with Crippen LogP contribution in [0.4, 0.5) is 4.39 Å². The van der Waals surface area contributed by atoms with Gasteiger partial charge in [-0.2, -0.15) is 0 Å². The van der Waals surface area contributed by atoms with E-state index in [9.17, 15) is 22.7 Å². The van der Waals surface area contributed by atoms with E-state index in [1.165, 1.54) is 36.2 Å². The van der Waals surface area contributed by atoms with Crippen molar-refractivity contribution in [3.05, 3.63) is 59.5 Å². The number of pyridine rings is 1. The summed E-state index contributed by atoms with van der Waals surface area (Å²) >= 11 is 1.33. The minimum Gasteiger partial charge on any atom is -0.481 e. The molecule has 0 bridgehead atoms. The smallest absolute Gasteiger partial charge is 0.310 e. The molecule has 2 aromatic heterocycles. The molecule has 1 atom stereocenters. The SMILES string of the molecule is Cc1c(C(C)C(=O)O)c2ccc(F)cn2c1Sc1ccc(S(C)(=O)=O)cc1. The highest BCUT2D eigenvalue weighted by Crippen LogP contribution is 2.38. The second-order valence-electron chi connectivity index (χ2n) is 6.35. The van der Waals surface area contributed by atoms with Crippen LogP contribution < -0.4 is 0 Å². The van der Waals surface area contributed by atoms with Gasteiger partial charge in [0, 0.05) is 17.3 Å². The first-order valence-electron chi connectivity index (χ1n) is 8.10. The van der Waals surface area contributed by atoms with E-state index in [1.807, 2.05) is 6.92 Å². The third-order valence-corrected chi connectivity index (χ3v) is 6.73. The Kier molecular flexibility index (Phi) is 5.05. The van der Waals surface area contributed by atoms with Crippen molar-refractivity contribution in [2.75, 3.05) is 6.26 Å². The number of sulfone groups is 1. The van der Waals surface area contributed by atoms with Gasteiger partial charge in [0.15, 0.2) is 9.84 Å². The molecule has 3 aromatic rings. The molecule has 0 saturated heterocycles. The molecule has 2 heterocycles. The lowest BCUT2D eigenvalue weighted by atomic mass is 9.99. The van der Waals surface area contributed by atoms with Crippen LogP contribution in [0.3, 0.4) is 0 Å². The number of benzene rings is 1. The van der Waals surface area contributed by atoms with E-state index in [0.29, 0.717) is 16.1 Å². The first-order chi connectivity index (χ1) is 12.6. The van der Waals surface area contributed by atoms with Gasteiger partial charge < -0.3 is 9.51 Å². The van der Waals surface area contributed by atoms with Gasteiger partial charge in [0.25, 0.3) is 0 Å². The second kappa shape index (κ2) is 7.01. The van der Waals surface area contributed by atoms with Crippen LogP contribution in [0.1, 0.15) is 24.0 Å². The number of nitrogens with zero attached hydrogens (tertiary/aromatic N) is 1. The summed E-state index contributed by atoms with van der Waals surface area (Å²) in [6.07, 6.45) is 2.47. The number of carboxylic acid groups (broad SMARTS) is 1. The molecule has 1 N–H and O–H groups in total. The van der Waals surface area contributed by atoms with Gasteiger partial charge in [0.1, 0.15) is 5.82 Å². The number of carboxylic acids is 1. The summed E-state index contributed by atoms with van der Waals surface area (Å²) < 4.78 is 38.7. The molecule has 0 radical (unpaired) electrons. The van der Waals surface area contributed by atoms with Crippen molar-refractivity contribution >= 4 is 33.1 Å². The highest BCUT2D eigenvalue weighted by atomic mass is 32.2. The highest BCUT2D eigenvalue weighted by Gasteiger charge is 2.24. The van der Waals surface area contributed by atoms with Gasteiger partial charge in [-0.1, -0.05) is 11.8 Å². The van der Waals surface area contributed by atoms with Crippen LogP contribution >= 0.6 is 11.8 Å². The van der Waals surface area contributed by atoms with Gasteiger partial charge in [-0.15, -0.1) is 0 Å². The number of carbonyl (C=O) groups is 1. The maximum Gasteiger partial charge on any atom is 0.310 e. The Morgan fingerprint density at radius 3 is 2.37 bits per heavy atom. The Labute approximate surface area is 160 Å². The number of hydrogen-bond acceptors (Lipinski definition) is 4. The Morgan fingerprint density at radius 1 is 1.19 bits per heavy atom. The number of halogens is 1. The predicted molar refractivity (Wildman–Crippen MR) is 102 cm³/mol. The molecule has 27 heavy (non-hydrogen) atoms. The largest absolute Gasteiger partial charge is 0.481 e. The molecule has 142 valence electrons. The molecule has 3 rings (SSSR count). The van der Waals surface area contributed by atoms with Crippen LogP contribution in [-0.2, 0) is 14.6 Å². The quantitative estimate of drug-likeness (QED) is 0.688. The molecule has 1 unspecified atom stereocenters. The van der Waals surface area contributed by atoms with Gasteiger partial charge in [0.2, 0.25) is 0 Å². The number of hydrogen-bond donors (Lipinski definition) is 1. The summed E-state index contributed by atoms with van der Waals surface area (Å²) in [6.45, 7) is 3.41. The molecular weight excluding hydrogens is 389 g/mol. The van der Waals surface area contributed by atoms with Crippen LogP contribution in [0.2, 0.25) is 0 Å². The van der Waals surface area contributed by atoms with Crippen LogP contribution in [0.5, 0.6) is 0 Å². The standard InChI is InChI=1S/C19H18FNO4S2/c1-11-17(12(2)19(22)23)16-9-4-13(20)10-21(16)18(11)26-14-5-7-15(8-6-14)27(3,24)25/h4-10,12H,1-3H3,(H,22,23). The Bertz CT molecular complexity index is 1130. The topological polar surface area (TPSA) is 75.8 Å². The van der Waals surface area contributed by atoms with E-state index in [-0.39, 0.29) is 4.90 Å². The normalized spacial score (nSPS) is 13.0. The minimum atomic E-state index is -3.29. The monoisotopic (exact) mass is 407 g/mol. The van der Waals surface area contributed by atoms with Crippen molar-refractivity contribution in [2.24, 2.45) is 0 Å². The van der Waals surface area contributed by atoms with Gasteiger partial charge >= 0.3 is 5.97 Å². The lowest BCUT2D eigenvalue weighted by molar-refractivity contribution is -0.138. The molecule has 8 heteroatoms. The minimum absolute atomic E-state index is 0.217. The van der Waals surface area contributed by atoms with E-state index >= 15 is 0 Å². The van der Waals surface area contributed by atoms with Crippen LogP contribution in [0, 0.1) is 12.7 Å². The highest BCUT2D eigenvalue weighted by molar-refractivity contribution is 7.99. The molecule has 0 aliphatic rings. The van der Waals surface area contributed by atoms with Gasteiger partial charge in [0.05, 0.1) is 21.4 Å². The van der Waals surface area contributed by atoms with Crippen molar-refractivity contribution in [2.45, 2.75) is 34.6 Å². The van der Waals surface area contributed by atoms with Crippen molar-refractivity contribution in [1.82, 2.24) is 4.40 Å². The summed E-state index contributed by atoms with van der Waals surface area (Å²) in [5.74, 6) is -2.13. The lowest BCUT2D eigenvalue weighted by Crippen LogP contribution is -2.08. The lowest BCUT2D eigenvalue weighted by Gasteiger charge is -2.07. The summed E-state index contributed by atoms with van der Waals surface area (Å²) in [5, 5.41) is 10.1. The molecule has 0 saturated carbocycles. The van der Waals surface area contributed by atoms with Crippen molar-refractivity contribution < 1.29 is 22.7 Å². The van der Waals surface area contributed by atoms with E-state index in [1.54, 1.807) is 29.5 Å². The Hall–Kier alpha value is -2.32. The van der Waals surface area contributed by atoms with Gasteiger partial charge in [-0.05, 0) is 61.4 Å². The van der Waals surface area contributed by atoms with Crippen molar-refractivity contribution in [3.63, 3.8) is 0 Å². The number of aliphatic carboxylic acids is 1. The van der Waals surface area contributed by atoms with Crippen LogP contribution in [0.25, 0.3) is 5.52 Å². The average molecular weight is 407 g/mol. The van der Waals surface area contributed by atoms with E-state index in [2.05, 4.69) is 0 Å². The van der Waals surface area contributed by atoms with Crippen LogP contribution in [0.15, 0.2) is 57.4 Å². The fourth-order valence-corrected chi connectivity index (χ4v) is 4.65. The van der Waals surface area contributed by atoms with E-state index < -0.39 is 27.5 Å². The fourth-order valence-electron chi connectivity index (χ4n) is 3.01. The fraction of sp³-hybridized carbons (Fsp3) is 0.211. The second-order valence-corrected chi connectivity index (χ2v) is 9.43. The zero-order chi connectivity index (χ0) is 19.9. The molecule has 0 spiro atoms. The summed E-state index contributed by atoms with van der Waals surface area (Å²) in [6, 6.07) is 9.28. The third-order valence-electron chi connectivity index (χ3n) is 4.40. The van der Waals surface area contributed by atoms with Crippen molar-refractivity contribution in [3.8, 4) is 0 Å². The molecular formula is C19H18FNO4S2. The first kappa shape index (κ1) is 19.4. The van der Waals surface area contributed by atoms with E-state index in [4.69, 9.17) is 0 Å². The summed E-state index contributed by atoms with van der Waals surface area (Å²) in [4.78, 5) is 12.5. The maximum absolute atomic E-state index is 13.8. The molecule has 0 fully saturated rings. The Morgan fingerprint density at radius 2 is 1.81 bits per heavy atom. The predicted octanol–water partition coefficient (Wildman–Crippen LogP) is 4.13. The number of aromatic nitrogens is 1. The zero-order valence-electron chi connectivity index (χ0n) is 14.9. The Balaban J connectivity index is 2.12. The molecule has 1 aromatic carbocycles.